The number of carbonyl (C=O) groups excluding carboxylic acids is 2. The number of amides is 2. The van der Waals surface area contributed by atoms with Crippen LogP contribution in [-0.2, 0) is 16.0 Å². The van der Waals surface area contributed by atoms with Crippen LogP contribution in [0.2, 0.25) is 0 Å². The lowest BCUT2D eigenvalue weighted by Gasteiger charge is -2.33. The van der Waals surface area contributed by atoms with Crippen molar-refractivity contribution >= 4 is 23.2 Å². The lowest BCUT2D eigenvalue weighted by Crippen LogP contribution is -2.38. The molecule has 2 heterocycles. The average Bonchev–Trinajstić information content (AvgIpc) is 2.56. The van der Waals surface area contributed by atoms with E-state index in [2.05, 4.69) is 17.3 Å². The van der Waals surface area contributed by atoms with Gasteiger partial charge in [-0.15, -0.1) is 0 Å². The van der Waals surface area contributed by atoms with Gasteiger partial charge in [0.25, 0.3) is 0 Å². The summed E-state index contributed by atoms with van der Waals surface area (Å²) in [6, 6.07) is 5.85. The minimum Gasteiger partial charge on any atom is -0.326 e. The molecular formula is C19H27N3O2. The van der Waals surface area contributed by atoms with E-state index in [1.165, 1.54) is 6.92 Å². The number of anilines is 2. The summed E-state index contributed by atoms with van der Waals surface area (Å²) in [4.78, 5) is 28.5. The summed E-state index contributed by atoms with van der Waals surface area (Å²) < 4.78 is 0. The number of carbonyl (C=O) groups is 2. The van der Waals surface area contributed by atoms with Gasteiger partial charge in [-0.3, -0.25) is 9.59 Å². The third-order valence-electron chi connectivity index (χ3n) is 5.16. The van der Waals surface area contributed by atoms with Crippen molar-refractivity contribution < 1.29 is 9.59 Å². The number of hydrogen-bond acceptors (Lipinski definition) is 3. The standard InChI is InChI=1S/C19H27N3O2/c1-14(23)20-17-6-3-7-18-16(17)5-4-10-22(18)19(24)13-15-8-11-21(2)12-9-15/h3,6-7,15H,4-5,8-13H2,1-2H3,(H,20,23). The predicted molar refractivity (Wildman–Crippen MR) is 96.3 cm³/mol. The molecule has 0 aromatic heterocycles. The second kappa shape index (κ2) is 7.34. The maximum atomic E-state index is 12.9. The Morgan fingerprint density at radius 3 is 2.67 bits per heavy atom. The second-order valence-corrected chi connectivity index (χ2v) is 7.08. The van der Waals surface area contributed by atoms with Crippen molar-refractivity contribution in [2.45, 2.75) is 39.0 Å². The lowest BCUT2D eigenvalue weighted by atomic mass is 9.92. The number of likely N-dealkylation sites (tertiary alicyclic amines) is 1. The number of nitrogens with one attached hydrogen (secondary N) is 1. The fraction of sp³-hybridized carbons (Fsp3) is 0.579. The Balaban J connectivity index is 1.74. The quantitative estimate of drug-likeness (QED) is 0.927. The first-order chi connectivity index (χ1) is 11.5. The molecule has 1 aromatic carbocycles. The van der Waals surface area contributed by atoms with Crippen LogP contribution in [0, 0.1) is 5.92 Å². The van der Waals surface area contributed by atoms with Gasteiger partial charge in [0.2, 0.25) is 11.8 Å². The molecule has 0 atom stereocenters. The summed E-state index contributed by atoms with van der Waals surface area (Å²) in [6.07, 6.45) is 4.70. The van der Waals surface area contributed by atoms with Crippen LogP contribution in [0.15, 0.2) is 18.2 Å². The molecule has 0 spiro atoms. The molecule has 2 aliphatic rings. The van der Waals surface area contributed by atoms with Crippen LogP contribution < -0.4 is 10.2 Å². The normalized spacial score (nSPS) is 19.0. The Morgan fingerprint density at radius 1 is 1.21 bits per heavy atom. The third kappa shape index (κ3) is 3.78. The zero-order chi connectivity index (χ0) is 17.1. The molecule has 1 saturated heterocycles. The first kappa shape index (κ1) is 17.0. The Labute approximate surface area is 144 Å². The minimum atomic E-state index is -0.0711. The lowest BCUT2D eigenvalue weighted by molar-refractivity contribution is -0.120. The van der Waals surface area contributed by atoms with Gasteiger partial charge in [-0.2, -0.15) is 0 Å². The molecule has 5 heteroatoms. The number of piperidine rings is 1. The Bertz CT molecular complexity index is 621. The first-order valence-corrected chi connectivity index (χ1v) is 8.93. The van der Waals surface area contributed by atoms with Crippen LogP contribution in [-0.4, -0.2) is 43.4 Å². The summed E-state index contributed by atoms with van der Waals surface area (Å²) in [5.41, 5.74) is 2.91. The average molecular weight is 329 g/mol. The number of fused-ring (bicyclic) bond motifs is 1. The molecule has 0 radical (unpaired) electrons. The van der Waals surface area contributed by atoms with E-state index in [0.717, 1.165) is 62.3 Å². The van der Waals surface area contributed by atoms with Crippen molar-refractivity contribution in [2.24, 2.45) is 5.92 Å². The van der Waals surface area contributed by atoms with E-state index >= 15 is 0 Å². The highest BCUT2D eigenvalue weighted by Crippen LogP contribution is 2.34. The van der Waals surface area contributed by atoms with Gasteiger partial charge in [-0.25, -0.2) is 0 Å². The van der Waals surface area contributed by atoms with Gasteiger partial charge < -0.3 is 15.1 Å². The minimum absolute atomic E-state index is 0.0711. The fourth-order valence-electron chi connectivity index (χ4n) is 3.81. The van der Waals surface area contributed by atoms with Crippen LogP contribution in [0.25, 0.3) is 0 Å². The van der Waals surface area contributed by atoms with E-state index in [1.807, 2.05) is 23.1 Å². The van der Waals surface area contributed by atoms with E-state index in [4.69, 9.17) is 0 Å². The Morgan fingerprint density at radius 2 is 1.96 bits per heavy atom. The van der Waals surface area contributed by atoms with Crippen molar-refractivity contribution in [3.8, 4) is 0 Å². The van der Waals surface area contributed by atoms with Gasteiger partial charge in [-0.1, -0.05) is 6.07 Å². The van der Waals surface area contributed by atoms with Crippen LogP contribution in [0.3, 0.4) is 0 Å². The van der Waals surface area contributed by atoms with Crippen molar-refractivity contribution in [3.63, 3.8) is 0 Å². The molecule has 2 amide bonds. The van der Waals surface area contributed by atoms with E-state index in [1.54, 1.807) is 0 Å². The smallest absolute Gasteiger partial charge is 0.227 e. The topological polar surface area (TPSA) is 52.7 Å². The van der Waals surface area contributed by atoms with Crippen molar-refractivity contribution in [1.29, 1.82) is 0 Å². The molecule has 2 aliphatic heterocycles. The van der Waals surface area contributed by atoms with Gasteiger partial charge >= 0.3 is 0 Å². The second-order valence-electron chi connectivity index (χ2n) is 7.08. The van der Waals surface area contributed by atoms with Crippen LogP contribution in [0.4, 0.5) is 11.4 Å². The first-order valence-electron chi connectivity index (χ1n) is 8.93. The molecule has 130 valence electrons. The van der Waals surface area contributed by atoms with Gasteiger partial charge in [0.15, 0.2) is 0 Å². The zero-order valence-corrected chi connectivity index (χ0v) is 14.7. The maximum absolute atomic E-state index is 12.9. The molecule has 0 aliphatic carbocycles. The Kier molecular flexibility index (Phi) is 5.19. The highest BCUT2D eigenvalue weighted by molar-refractivity contribution is 5.97. The Hall–Kier alpha value is -1.88. The van der Waals surface area contributed by atoms with E-state index < -0.39 is 0 Å². The molecule has 0 bridgehead atoms. The molecule has 0 unspecified atom stereocenters. The number of nitrogens with zero attached hydrogens (tertiary/aromatic N) is 2. The van der Waals surface area contributed by atoms with Gasteiger partial charge in [-0.05, 0) is 69.4 Å². The predicted octanol–water partition coefficient (Wildman–Crippen LogP) is 2.66. The molecule has 1 aromatic rings. The maximum Gasteiger partial charge on any atom is 0.227 e. The van der Waals surface area contributed by atoms with E-state index in [0.29, 0.717) is 12.3 Å². The van der Waals surface area contributed by atoms with Gasteiger partial charge in [0, 0.05) is 31.3 Å². The molecule has 0 saturated carbocycles. The zero-order valence-electron chi connectivity index (χ0n) is 14.7. The van der Waals surface area contributed by atoms with Crippen molar-refractivity contribution in [1.82, 2.24) is 4.90 Å². The van der Waals surface area contributed by atoms with Crippen LogP contribution in [0.1, 0.15) is 38.2 Å². The summed E-state index contributed by atoms with van der Waals surface area (Å²) >= 11 is 0. The number of hydrogen-bond donors (Lipinski definition) is 1. The van der Waals surface area contributed by atoms with Crippen molar-refractivity contribution in [2.75, 3.05) is 36.9 Å². The van der Waals surface area contributed by atoms with E-state index in [9.17, 15) is 9.59 Å². The highest BCUT2D eigenvalue weighted by Gasteiger charge is 2.27. The number of benzene rings is 1. The largest absolute Gasteiger partial charge is 0.326 e. The van der Waals surface area contributed by atoms with Crippen molar-refractivity contribution in [3.05, 3.63) is 23.8 Å². The summed E-state index contributed by atoms with van der Waals surface area (Å²) in [5, 5.41) is 2.90. The molecule has 24 heavy (non-hydrogen) atoms. The molecule has 3 rings (SSSR count). The third-order valence-corrected chi connectivity index (χ3v) is 5.16. The molecule has 1 N–H and O–H groups in total. The van der Waals surface area contributed by atoms with Gasteiger partial charge in [0.1, 0.15) is 0 Å². The van der Waals surface area contributed by atoms with Gasteiger partial charge in [0.05, 0.1) is 0 Å². The van der Waals surface area contributed by atoms with Crippen LogP contribution >= 0.6 is 0 Å². The fourth-order valence-corrected chi connectivity index (χ4v) is 3.81. The molecule has 5 nitrogen and oxygen atoms in total. The summed E-state index contributed by atoms with van der Waals surface area (Å²) in [7, 11) is 2.14. The molecule has 1 fully saturated rings. The SMILES string of the molecule is CC(=O)Nc1cccc2c1CCCN2C(=O)CC1CCN(C)CC1. The monoisotopic (exact) mass is 329 g/mol. The molecular weight excluding hydrogens is 302 g/mol. The highest BCUT2D eigenvalue weighted by atomic mass is 16.2. The van der Waals surface area contributed by atoms with E-state index in [-0.39, 0.29) is 11.8 Å². The van der Waals surface area contributed by atoms with Crippen LogP contribution in [0.5, 0.6) is 0 Å². The number of rotatable bonds is 3. The summed E-state index contributed by atoms with van der Waals surface area (Å²) in [5.74, 6) is 0.654. The summed E-state index contributed by atoms with van der Waals surface area (Å²) in [6.45, 7) is 4.47.